The summed E-state index contributed by atoms with van der Waals surface area (Å²) in [6.45, 7) is 1.68. The quantitative estimate of drug-likeness (QED) is 0.195. The van der Waals surface area contributed by atoms with Crippen LogP contribution in [0.3, 0.4) is 0 Å². The zero-order valence-electron chi connectivity index (χ0n) is 18.8. The van der Waals surface area contributed by atoms with Gasteiger partial charge in [0, 0.05) is 30.8 Å². The SMILES string of the molecule is Cc1c(NC(=O)C(C#N)=Cc2ccc(-c3cccc([N+](=O)[O-])c3)o2)c(=O)n(-c2ccccc2)n1C. The highest BCUT2D eigenvalue weighted by atomic mass is 16.6. The van der Waals surface area contributed by atoms with Gasteiger partial charge in [-0.1, -0.05) is 30.3 Å². The van der Waals surface area contributed by atoms with Crippen LogP contribution in [0.25, 0.3) is 23.1 Å². The molecule has 0 radical (unpaired) electrons. The topological polar surface area (TPSA) is 136 Å². The normalized spacial score (nSPS) is 11.2. The third kappa shape index (κ3) is 4.51. The molecule has 0 atom stereocenters. The van der Waals surface area contributed by atoms with E-state index in [1.165, 1.54) is 35.0 Å². The molecule has 10 nitrogen and oxygen atoms in total. The molecule has 0 saturated carbocycles. The van der Waals surface area contributed by atoms with Gasteiger partial charge >= 0.3 is 0 Å². The van der Waals surface area contributed by atoms with Crippen molar-refractivity contribution in [2.45, 2.75) is 6.92 Å². The van der Waals surface area contributed by atoms with Gasteiger partial charge in [0.15, 0.2) is 0 Å². The molecule has 10 heteroatoms. The molecule has 174 valence electrons. The van der Waals surface area contributed by atoms with Gasteiger partial charge in [0.1, 0.15) is 28.9 Å². The highest BCUT2D eigenvalue weighted by Crippen LogP contribution is 2.26. The minimum absolute atomic E-state index is 0.0548. The van der Waals surface area contributed by atoms with Crippen molar-refractivity contribution in [2.24, 2.45) is 7.05 Å². The number of anilines is 1. The summed E-state index contributed by atoms with van der Waals surface area (Å²) < 4.78 is 8.69. The average molecular weight is 469 g/mol. The van der Waals surface area contributed by atoms with Crippen molar-refractivity contribution in [1.82, 2.24) is 9.36 Å². The monoisotopic (exact) mass is 469 g/mol. The Bertz CT molecular complexity index is 1570. The van der Waals surface area contributed by atoms with Crippen LogP contribution >= 0.6 is 0 Å². The van der Waals surface area contributed by atoms with Crippen molar-refractivity contribution in [3.8, 4) is 23.1 Å². The van der Waals surface area contributed by atoms with Crippen LogP contribution in [0.1, 0.15) is 11.5 Å². The Hall–Kier alpha value is -5.17. The first-order valence-corrected chi connectivity index (χ1v) is 10.4. The molecule has 1 amide bonds. The van der Waals surface area contributed by atoms with E-state index in [1.54, 1.807) is 55.1 Å². The van der Waals surface area contributed by atoms with E-state index in [-0.39, 0.29) is 22.7 Å². The number of carbonyl (C=O) groups excluding carboxylic acids is 1. The number of nitrogens with one attached hydrogen (secondary N) is 1. The fourth-order valence-corrected chi connectivity index (χ4v) is 3.54. The fraction of sp³-hybridized carbons (Fsp3) is 0.0800. The van der Waals surface area contributed by atoms with Gasteiger partial charge in [-0.2, -0.15) is 5.26 Å². The number of hydrogen-bond acceptors (Lipinski definition) is 6. The minimum Gasteiger partial charge on any atom is -0.457 e. The van der Waals surface area contributed by atoms with Gasteiger partial charge in [-0.05, 0) is 31.2 Å². The molecule has 2 aromatic carbocycles. The van der Waals surface area contributed by atoms with E-state index in [0.29, 0.717) is 22.7 Å². The lowest BCUT2D eigenvalue weighted by Gasteiger charge is -2.07. The number of nitro benzene ring substituents is 1. The summed E-state index contributed by atoms with van der Waals surface area (Å²) in [7, 11) is 1.69. The van der Waals surface area contributed by atoms with Gasteiger partial charge in [-0.15, -0.1) is 0 Å². The summed E-state index contributed by atoms with van der Waals surface area (Å²) in [6, 6.07) is 19.8. The van der Waals surface area contributed by atoms with E-state index >= 15 is 0 Å². The second-order valence-corrected chi connectivity index (χ2v) is 7.57. The maximum absolute atomic E-state index is 13.0. The molecule has 0 spiro atoms. The van der Waals surface area contributed by atoms with E-state index in [1.807, 2.05) is 12.1 Å². The van der Waals surface area contributed by atoms with E-state index in [2.05, 4.69) is 5.32 Å². The molecule has 0 aliphatic rings. The molecule has 0 fully saturated rings. The van der Waals surface area contributed by atoms with E-state index in [0.717, 1.165) is 0 Å². The molecule has 0 aliphatic heterocycles. The molecular formula is C25H19N5O5. The number of benzene rings is 2. The number of amides is 1. The number of non-ortho nitro benzene ring substituents is 1. The highest BCUT2D eigenvalue weighted by molar-refractivity contribution is 6.09. The van der Waals surface area contributed by atoms with Crippen molar-refractivity contribution in [1.29, 1.82) is 5.26 Å². The molecule has 2 heterocycles. The zero-order valence-corrected chi connectivity index (χ0v) is 18.8. The lowest BCUT2D eigenvalue weighted by Crippen LogP contribution is -2.23. The van der Waals surface area contributed by atoms with Crippen LogP contribution in [0, 0.1) is 28.4 Å². The van der Waals surface area contributed by atoms with Crippen LogP contribution in [-0.4, -0.2) is 20.2 Å². The number of para-hydroxylation sites is 1. The first kappa shape index (κ1) is 23.0. The van der Waals surface area contributed by atoms with Crippen LogP contribution in [0.5, 0.6) is 0 Å². The van der Waals surface area contributed by atoms with E-state index in [9.17, 15) is 25.0 Å². The molecule has 35 heavy (non-hydrogen) atoms. The van der Waals surface area contributed by atoms with Crippen molar-refractivity contribution in [3.63, 3.8) is 0 Å². The number of aromatic nitrogens is 2. The first-order valence-electron chi connectivity index (χ1n) is 10.4. The minimum atomic E-state index is -0.771. The molecule has 4 rings (SSSR count). The van der Waals surface area contributed by atoms with Crippen LogP contribution < -0.4 is 10.9 Å². The second-order valence-electron chi connectivity index (χ2n) is 7.57. The predicted molar refractivity (Wildman–Crippen MR) is 129 cm³/mol. The molecule has 0 saturated heterocycles. The smallest absolute Gasteiger partial charge is 0.295 e. The Morgan fingerprint density at radius 1 is 1.14 bits per heavy atom. The Morgan fingerprint density at radius 3 is 2.57 bits per heavy atom. The van der Waals surface area contributed by atoms with Gasteiger partial charge in [-0.3, -0.25) is 24.4 Å². The molecule has 4 aromatic rings. The molecule has 0 aliphatic carbocycles. The summed E-state index contributed by atoms with van der Waals surface area (Å²) in [5.74, 6) is -0.237. The highest BCUT2D eigenvalue weighted by Gasteiger charge is 2.20. The van der Waals surface area contributed by atoms with Gasteiger partial charge in [-0.25, -0.2) is 4.68 Å². The fourth-order valence-electron chi connectivity index (χ4n) is 3.54. The van der Waals surface area contributed by atoms with Gasteiger partial charge in [0.05, 0.1) is 16.3 Å². The largest absolute Gasteiger partial charge is 0.457 e. The molecular weight excluding hydrogens is 450 g/mol. The van der Waals surface area contributed by atoms with Crippen molar-refractivity contribution in [3.05, 3.63) is 104 Å². The van der Waals surface area contributed by atoms with Crippen LogP contribution in [-0.2, 0) is 11.8 Å². The Kier molecular flexibility index (Phi) is 6.16. The number of nitro groups is 1. The Labute approximate surface area is 199 Å². The average Bonchev–Trinajstić information content (AvgIpc) is 3.41. The van der Waals surface area contributed by atoms with Crippen molar-refractivity contribution in [2.75, 3.05) is 5.32 Å². The van der Waals surface area contributed by atoms with Crippen molar-refractivity contribution < 1.29 is 14.1 Å². The summed E-state index contributed by atoms with van der Waals surface area (Å²) in [6.07, 6.45) is 1.24. The summed E-state index contributed by atoms with van der Waals surface area (Å²) in [4.78, 5) is 36.3. The third-order valence-corrected chi connectivity index (χ3v) is 5.41. The third-order valence-electron chi connectivity index (χ3n) is 5.41. The first-order chi connectivity index (χ1) is 16.8. The lowest BCUT2D eigenvalue weighted by molar-refractivity contribution is -0.384. The number of nitriles is 1. The van der Waals surface area contributed by atoms with E-state index < -0.39 is 16.4 Å². The number of hydrogen-bond donors (Lipinski definition) is 1. The number of furan rings is 1. The lowest BCUT2D eigenvalue weighted by atomic mass is 10.1. The Morgan fingerprint density at radius 2 is 1.89 bits per heavy atom. The van der Waals surface area contributed by atoms with Crippen molar-refractivity contribution >= 4 is 23.4 Å². The van der Waals surface area contributed by atoms with Crippen LogP contribution in [0.15, 0.2) is 81.5 Å². The maximum Gasteiger partial charge on any atom is 0.295 e. The van der Waals surface area contributed by atoms with Crippen LogP contribution in [0.2, 0.25) is 0 Å². The Balaban J connectivity index is 1.61. The molecule has 0 unspecified atom stereocenters. The van der Waals surface area contributed by atoms with Crippen LogP contribution in [0.4, 0.5) is 11.4 Å². The molecule has 0 bridgehead atoms. The molecule has 2 aromatic heterocycles. The van der Waals surface area contributed by atoms with E-state index in [4.69, 9.17) is 4.42 Å². The number of rotatable bonds is 6. The van der Waals surface area contributed by atoms with Gasteiger partial charge in [0.2, 0.25) is 0 Å². The standard InChI is InChI=1S/C25H19N5O5/c1-16-23(25(32)29(28(16)2)19-8-4-3-5-9-19)27-24(31)18(15-26)14-21-11-12-22(35-21)17-7-6-10-20(13-17)30(33)34/h3-14H,1-2H3,(H,27,31). The van der Waals surface area contributed by atoms with Gasteiger partial charge in [0.25, 0.3) is 17.2 Å². The molecule has 1 N–H and O–H groups in total. The predicted octanol–water partition coefficient (Wildman–Crippen LogP) is 4.20. The zero-order chi connectivity index (χ0) is 25.1. The second kappa shape index (κ2) is 9.36. The summed E-state index contributed by atoms with van der Waals surface area (Å²) in [5.41, 5.74) is 0.862. The van der Waals surface area contributed by atoms with Gasteiger partial charge < -0.3 is 9.73 Å². The maximum atomic E-state index is 13.0. The number of carbonyl (C=O) groups is 1. The number of nitrogens with zero attached hydrogens (tertiary/aromatic N) is 4. The summed E-state index contributed by atoms with van der Waals surface area (Å²) in [5, 5.41) is 23.1. The summed E-state index contributed by atoms with van der Waals surface area (Å²) >= 11 is 0.